The number of rotatable bonds is 7. The minimum absolute atomic E-state index is 0.228. The summed E-state index contributed by atoms with van der Waals surface area (Å²) in [6.07, 6.45) is 0. The van der Waals surface area contributed by atoms with Crippen LogP contribution in [0.5, 0.6) is 0 Å². The number of ether oxygens (including phenoxy) is 1. The van der Waals surface area contributed by atoms with E-state index in [0.717, 1.165) is 11.3 Å². The van der Waals surface area contributed by atoms with Crippen LogP contribution >= 0.6 is 23.4 Å². The molecule has 0 aliphatic carbocycles. The number of sulfonamides is 1. The molecule has 10 heteroatoms. The van der Waals surface area contributed by atoms with Crippen LogP contribution in [-0.4, -0.2) is 59.5 Å². The van der Waals surface area contributed by atoms with E-state index in [1.165, 1.54) is 16.1 Å². The molecule has 0 saturated carbocycles. The quantitative estimate of drug-likeness (QED) is 0.464. The van der Waals surface area contributed by atoms with Gasteiger partial charge in [-0.3, -0.25) is 4.57 Å². The van der Waals surface area contributed by atoms with E-state index >= 15 is 0 Å². The summed E-state index contributed by atoms with van der Waals surface area (Å²) in [5.41, 5.74) is 2.47. The summed E-state index contributed by atoms with van der Waals surface area (Å²) in [5, 5.41) is 9.95. The van der Waals surface area contributed by atoms with E-state index < -0.39 is 10.0 Å². The number of nitrogens with zero attached hydrogens (tertiary/aromatic N) is 4. The van der Waals surface area contributed by atoms with Gasteiger partial charge in [0.1, 0.15) is 0 Å². The normalized spacial score (nSPS) is 15.1. The van der Waals surface area contributed by atoms with Gasteiger partial charge >= 0.3 is 0 Å². The average molecular weight is 491 g/mol. The van der Waals surface area contributed by atoms with Crippen molar-refractivity contribution >= 4 is 33.4 Å². The van der Waals surface area contributed by atoms with Gasteiger partial charge in [0.05, 0.1) is 18.1 Å². The zero-order valence-corrected chi connectivity index (χ0v) is 20.0. The van der Waals surface area contributed by atoms with E-state index in [-0.39, 0.29) is 4.90 Å². The second kappa shape index (κ2) is 9.76. The van der Waals surface area contributed by atoms with Gasteiger partial charge in [0.25, 0.3) is 0 Å². The number of halogens is 1. The molecule has 1 aromatic heterocycles. The van der Waals surface area contributed by atoms with E-state index in [1.54, 1.807) is 18.2 Å². The van der Waals surface area contributed by atoms with Crippen LogP contribution in [0.3, 0.4) is 0 Å². The van der Waals surface area contributed by atoms with Crippen LogP contribution in [0.2, 0.25) is 0 Å². The third-order valence-electron chi connectivity index (χ3n) is 5.06. The number of aromatic nitrogens is 3. The fourth-order valence-corrected chi connectivity index (χ4v) is 5.73. The lowest BCUT2D eigenvalue weighted by Crippen LogP contribution is -2.40. The van der Waals surface area contributed by atoms with Crippen molar-refractivity contribution in [2.45, 2.75) is 17.0 Å². The molecule has 32 heavy (non-hydrogen) atoms. The van der Waals surface area contributed by atoms with Crippen molar-refractivity contribution in [3.05, 3.63) is 65.7 Å². The van der Waals surface area contributed by atoms with Gasteiger partial charge in [-0.05, 0) is 36.8 Å². The van der Waals surface area contributed by atoms with Crippen LogP contribution in [0.1, 0.15) is 5.56 Å². The maximum Gasteiger partial charge on any atom is 0.243 e. The SMILES string of the molecule is C=C(Cl)CSc1nnc(-c2cc(S(=O)(=O)N3CCOCC3)ccc2C)n1-c1ccccc1. The molecule has 3 aromatic rings. The molecule has 4 rings (SSSR count). The smallest absolute Gasteiger partial charge is 0.243 e. The Kier molecular flexibility index (Phi) is 7.02. The van der Waals surface area contributed by atoms with Gasteiger partial charge in [-0.2, -0.15) is 4.31 Å². The lowest BCUT2D eigenvalue weighted by atomic mass is 10.1. The van der Waals surface area contributed by atoms with Crippen molar-refractivity contribution in [2.75, 3.05) is 32.1 Å². The minimum atomic E-state index is -3.64. The Bertz CT molecular complexity index is 1220. The van der Waals surface area contributed by atoms with E-state index in [1.807, 2.05) is 41.8 Å². The van der Waals surface area contributed by atoms with E-state index in [9.17, 15) is 8.42 Å². The Morgan fingerprint density at radius 2 is 1.88 bits per heavy atom. The predicted molar refractivity (Wildman–Crippen MR) is 127 cm³/mol. The lowest BCUT2D eigenvalue weighted by molar-refractivity contribution is 0.0730. The van der Waals surface area contributed by atoms with Gasteiger partial charge < -0.3 is 4.74 Å². The predicted octanol–water partition coefficient (Wildman–Crippen LogP) is 4.11. The molecule has 7 nitrogen and oxygen atoms in total. The minimum Gasteiger partial charge on any atom is -0.379 e. The molecular weight excluding hydrogens is 468 g/mol. The number of benzene rings is 2. The molecule has 2 heterocycles. The Balaban J connectivity index is 1.81. The molecule has 2 aromatic carbocycles. The maximum absolute atomic E-state index is 13.2. The van der Waals surface area contributed by atoms with Crippen molar-refractivity contribution in [3.8, 4) is 17.1 Å². The first-order chi connectivity index (χ1) is 15.4. The van der Waals surface area contributed by atoms with Crippen LogP contribution in [0.15, 0.2) is 70.2 Å². The second-order valence-corrected chi connectivity index (χ2v) is 10.7. The Hall–Kier alpha value is -2.17. The van der Waals surface area contributed by atoms with Crippen LogP contribution in [0.25, 0.3) is 17.1 Å². The van der Waals surface area contributed by atoms with Crippen molar-refractivity contribution in [3.63, 3.8) is 0 Å². The molecule has 0 spiro atoms. The Morgan fingerprint density at radius 1 is 1.16 bits per heavy atom. The first kappa shape index (κ1) is 23.0. The van der Waals surface area contributed by atoms with Crippen molar-refractivity contribution in [1.82, 2.24) is 19.1 Å². The molecule has 168 valence electrons. The summed E-state index contributed by atoms with van der Waals surface area (Å²) < 4.78 is 35.1. The fraction of sp³-hybridized carbons (Fsp3) is 0.273. The third kappa shape index (κ3) is 4.77. The fourth-order valence-electron chi connectivity index (χ4n) is 3.43. The highest BCUT2D eigenvalue weighted by atomic mass is 35.5. The highest BCUT2D eigenvalue weighted by Crippen LogP contribution is 2.32. The maximum atomic E-state index is 13.2. The largest absolute Gasteiger partial charge is 0.379 e. The van der Waals surface area contributed by atoms with Crippen LogP contribution in [0, 0.1) is 6.92 Å². The molecule has 0 radical (unpaired) electrons. The molecule has 1 saturated heterocycles. The van der Waals surface area contributed by atoms with Crippen LogP contribution in [0.4, 0.5) is 0 Å². The molecule has 1 fully saturated rings. The van der Waals surface area contributed by atoms with Gasteiger partial charge in [0.2, 0.25) is 10.0 Å². The molecule has 0 bridgehead atoms. The summed E-state index contributed by atoms with van der Waals surface area (Å²) in [7, 11) is -3.64. The summed E-state index contributed by atoms with van der Waals surface area (Å²) in [5.74, 6) is 1.05. The van der Waals surface area contributed by atoms with Gasteiger partial charge in [-0.1, -0.05) is 54.2 Å². The second-order valence-electron chi connectivity index (χ2n) is 7.28. The van der Waals surface area contributed by atoms with Gasteiger partial charge in [-0.25, -0.2) is 8.42 Å². The standard InChI is InChI=1S/C22H23ClN4O3S2/c1-16-8-9-19(32(28,29)26-10-12-30-13-11-26)14-20(16)21-24-25-22(31-15-17(2)23)27(21)18-6-4-3-5-7-18/h3-9,14H,2,10-13,15H2,1H3. The highest BCUT2D eigenvalue weighted by Gasteiger charge is 2.28. The Morgan fingerprint density at radius 3 is 2.56 bits per heavy atom. The molecule has 0 unspecified atom stereocenters. The number of para-hydroxylation sites is 1. The average Bonchev–Trinajstić information content (AvgIpc) is 3.22. The summed E-state index contributed by atoms with van der Waals surface area (Å²) in [6, 6.07) is 14.8. The molecule has 1 aliphatic rings. The summed E-state index contributed by atoms with van der Waals surface area (Å²) in [4.78, 5) is 0.228. The van der Waals surface area contributed by atoms with Crippen molar-refractivity contribution < 1.29 is 13.2 Å². The number of morpholine rings is 1. The lowest BCUT2D eigenvalue weighted by Gasteiger charge is -2.26. The summed E-state index contributed by atoms with van der Waals surface area (Å²) >= 11 is 7.39. The number of aryl methyl sites for hydroxylation is 1. The zero-order valence-electron chi connectivity index (χ0n) is 17.6. The molecule has 0 amide bonds. The third-order valence-corrected chi connectivity index (χ3v) is 8.27. The monoisotopic (exact) mass is 490 g/mol. The topological polar surface area (TPSA) is 77.3 Å². The highest BCUT2D eigenvalue weighted by molar-refractivity contribution is 7.99. The summed E-state index contributed by atoms with van der Waals surface area (Å²) in [6.45, 7) is 7.15. The van der Waals surface area contributed by atoms with Gasteiger partial charge in [-0.15, -0.1) is 10.2 Å². The molecule has 0 N–H and O–H groups in total. The molecule has 1 aliphatic heterocycles. The van der Waals surface area contributed by atoms with Crippen molar-refractivity contribution in [1.29, 1.82) is 0 Å². The number of hydrogen-bond acceptors (Lipinski definition) is 6. The van der Waals surface area contributed by atoms with Gasteiger partial charge in [0, 0.05) is 35.1 Å². The zero-order chi connectivity index (χ0) is 22.7. The van der Waals surface area contributed by atoms with E-state index in [4.69, 9.17) is 16.3 Å². The number of thioether (sulfide) groups is 1. The molecular formula is C22H23ClN4O3S2. The van der Waals surface area contributed by atoms with E-state index in [0.29, 0.717) is 53.6 Å². The van der Waals surface area contributed by atoms with Gasteiger partial charge in [0.15, 0.2) is 11.0 Å². The first-order valence-electron chi connectivity index (χ1n) is 10.0. The van der Waals surface area contributed by atoms with Crippen LogP contribution in [-0.2, 0) is 14.8 Å². The van der Waals surface area contributed by atoms with Crippen molar-refractivity contribution in [2.24, 2.45) is 0 Å². The molecule has 0 atom stereocenters. The Labute approximate surface area is 197 Å². The number of hydrogen-bond donors (Lipinski definition) is 0. The van der Waals surface area contributed by atoms with E-state index in [2.05, 4.69) is 16.8 Å². The first-order valence-corrected chi connectivity index (χ1v) is 12.8. The van der Waals surface area contributed by atoms with Crippen LogP contribution < -0.4 is 0 Å².